The molecular formula is C14H14F3N3. The molecule has 1 aromatic carbocycles. The quantitative estimate of drug-likeness (QED) is 0.927. The summed E-state index contributed by atoms with van der Waals surface area (Å²) >= 11 is 0. The monoisotopic (exact) mass is 281 g/mol. The summed E-state index contributed by atoms with van der Waals surface area (Å²) in [6.45, 7) is 4.30. The van der Waals surface area contributed by atoms with Crippen LogP contribution in [-0.4, -0.2) is 16.5 Å². The zero-order chi connectivity index (χ0) is 14.8. The molecule has 0 aliphatic rings. The smallest absolute Gasteiger partial charge is 0.370 e. The Bertz CT molecular complexity index is 609. The van der Waals surface area contributed by atoms with Crippen molar-refractivity contribution in [1.82, 2.24) is 9.97 Å². The molecule has 2 aromatic rings. The predicted octanol–water partition coefficient (Wildman–Crippen LogP) is 3.90. The highest BCUT2D eigenvalue weighted by Gasteiger charge is 2.30. The third-order valence-electron chi connectivity index (χ3n) is 2.68. The van der Waals surface area contributed by atoms with Crippen molar-refractivity contribution < 1.29 is 13.2 Å². The Morgan fingerprint density at radius 3 is 2.55 bits per heavy atom. The van der Waals surface area contributed by atoms with E-state index in [1.165, 1.54) is 6.07 Å². The molecule has 0 amide bonds. The van der Waals surface area contributed by atoms with Crippen molar-refractivity contribution in [3.63, 3.8) is 0 Å². The summed E-state index contributed by atoms with van der Waals surface area (Å²) in [6, 6.07) is 6.77. The minimum atomic E-state index is -4.36. The molecule has 0 unspecified atom stereocenters. The van der Waals surface area contributed by atoms with Crippen LogP contribution in [0.2, 0.25) is 0 Å². The molecule has 0 radical (unpaired) electrons. The van der Waals surface area contributed by atoms with Crippen LogP contribution in [0, 0.1) is 6.92 Å². The maximum Gasteiger partial charge on any atom is 0.416 e. The Hall–Kier alpha value is -2.11. The first-order chi connectivity index (χ1) is 9.40. The van der Waals surface area contributed by atoms with Gasteiger partial charge in [0.2, 0.25) is 0 Å². The van der Waals surface area contributed by atoms with E-state index in [4.69, 9.17) is 0 Å². The molecule has 0 saturated carbocycles. The Balaban J connectivity index is 2.46. The molecule has 0 spiro atoms. The van der Waals surface area contributed by atoms with E-state index in [-0.39, 0.29) is 0 Å². The second-order valence-electron chi connectivity index (χ2n) is 4.29. The third kappa shape index (κ3) is 3.26. The molecule has 20 heavy (non-hydrogen) atoms. The van der Waals surface area contributed by atoms with Crippen LogP contribution in [-0.2, 0) is 6.18 Å². The lowest BCUT2D eigenvalue weighted by Crippen LogP contribution is -2.05. The fourth-order valence-corrected chi connectivity index (χ4v) is 1.84. The molecule has 1 heterocycles. The molecular weight excluding hydrogens is 267 g/mol. The first-order valence-corrected chi connectivity index (χ1v) is 6.17. The zero-order valence-corrected chi connectivity index (χ0v) is 11.1. The maximum absolute atomic E-state index is 12.7. The lowest BCUT2D eigenvalue weighted by Gasteiger charge is -2.10. The number of alkyl halides is 3. The van der Waals surface area contributed by atoms with Crippen molar-refractivity contribution in [1.29, 1.82) is 0 Å². The van der Waals surface area contributed by atoms with Gasteiger partial charge in [-0.3, -0.25) is 0 Å². The van der Waals surface area contributed by atoms with Crippen molar-refractivity contribution in [3.8, 4) is 11.3 Å². The summed E-state index contributed by atoms with van der Waals surface area (Å²) in [6.07, 6.45) is -4.36. The van der Waals surface area contributed by atoms with E-state index in [0.29, 0.717) is 29.4 Å². The van der Waals surface area contributed by atoms with Gasteiger partial charge in [-0.15, -0.1) is 0 Å². The molecule has 0 saturated heterocycles. The van der Waals surface area contributed by atoms with Gasteiger partial charge in [-0.1, -0.05) is 12.1 Å². The van der Waals surface area contributed by atoms with E-state index in [1.807, 2.05) is 6.92 Å². The number of hydrogen-bond acceptors (Lipinski definition) is 3. The van der Waals surface area contributed by atoms with Crippen molar-refractivity contribution in [2.24, 2.45) is 0 Å². The fraction of sp³-hybridized carbons (Fsp3) is 0.286. The number of halogens is 3. The van der Waals surface area contributed by atoms with Gasteiger partial charge in [-0.25, -0.2) is 9.97 Å². The second-order valence-corrected chi connectivity index (χ2v) is 4.29. The van der Waals surface area contributed by atoms with Crippen molar-refractivity contribution >= 4 is 5.82 Å². The van der Waals surface area contributed by atoms with Gasteiger partial charge in [-0.05, 0) is 26.0 Å². The Labute approximate surface area is 114 Å². The summed E-state index contributed by atoms with van der Waals surface area (Å²) in [5.74, 6) is 1.11. The summed E-state index contributed by atoms with van der Waals surface area (Å²) in [4.78, 5) is 8.37. The van der Waals surface area contributed by atoms with E-state index >= 15 is 0 Å². The molecule has 6 heteroatoms. The highest BCUT2D eigenvalue weighted by Crippen LogP contribution is 2.32. The number of hydrogen-bond donors (Lipinski definition) is 1. The van der Waals surface area contributed by atoms with Crippen LogP contribution in [0.5, 0.6) is 0 Å². The summed E-state index contributed by atoms with van der Waals surface area (Å²) in [5, 5.41) is 3.03. The van der Waals surface area contributed by atoms with E-state index in [1.54, 1.807) is 19.1 Å². The number of aromatic nitrogens is 2. The van der Waals surface area contributed by atoms with Crippen LogP contribution >= 0.6 is 0 Å². The fourth-order valence-electron chi connectivity index (χ4n) is 1.84. The van der Waals surface area contributed by atoms with Gasteiger partial charge >= 0.3 is 6.18 Å². The average molecular weight is 281 g/mol. The minimum absolute atomic E-state index is 0.421. The standard InChI is InChI=1S/C14H14F3N3/c1-3-18-13-8-12(19-9(2)20-13)10-5-4-6-11(7-10)14(15,16)17/h4-8H,3H2,1-2H3,(H,18,19,20). The number of anilines is 1. The van der Waals surface area contributed by atoms with Gasteiger partial charge < -0.3 is 5.32 Å². The molecule has 2 rings (SSSR count). The van der Waals surface area contributed by atoms with Gasteiger partial charge in [0.15, 0.2) is 0 Å². The highest BCUT2D eigenvalue weighted by atomic mass is 19.4. The van der Waals surface area contributed by atoms with Gasteiger partial charge in [0, 0.05) is 18.2 Å². The summed E-state index contributed by atoms with van der Waals surface area (Å²) in [5.41, 5.74) is 0.209. The van der Waals surface area contributed by atoms with Crippen LogP contribution in [0.3, 0.4) is 0 Å². The molecule has 1 aromatic heterocycles. The predicted molar refractivity (Wildman–Crippen MR) is 71.4 cm³/mol. The number of nitrogens with zero attached hydrogens (tertiary/aromatic N) is 2. The van der Waals surface area contributed by atoms with E-state index in [0.717, 1.165) is 12.1 Å². The first-order valence-electron chi connectivity index (χ1n) is 6.17. The molecule has 0 aliphatic carbocycles. The van der Waals surface area contributed by atoms with E-state index < -0.39 is 11.7 Å². The SMILES string of the molecule is CCNc1cc(-c2cccc(C(F)(F)F)c2)nc(C)n1. The van der Waals surface area contributed by atoms with Crippen LogP contribution in [0.15, 0.2) is 30.3 Å². The average Bonchev–Trinajstić information content (AvgIpc) is 2.37. The molecule has 0 fully saturated rings. The van der Waals surface area contributed by atoms with Crippen LogP contribution < -0.4 is 5.32 Å². The first kappa shape index (κ1) is 14.3. The number of benzene rings is 1. The molecule has 0 atom stereocenters. The maximum atomic E-state index is 12.7. The molecule has 0 bridgehead atoms. The molecule has 0 aliphatic heterocycles. The number of nitrogens with one attached hydrogen (secondary N) is 1. The number of rotatable bonds is 3. The Morgan fingerprint density at radius 1 is 1.15 bits per heavy atom. The second kappa shape index (κ2) is 5.48. The van der Waals surface area contributed by atoms with Crippen molar-refractivity contribution in [2.75, 3.05) is 11.9 Å². The Kier molecular flexibility index (Phi) is 3.92. The van der Waals surface area contributed by atoms with Gasteiger partial charge in [-0.2, -0.15) is 13.2 Å². The normalized spacial score (nSPS) is 11.4. The van der Waals surface area contributed by atoms with Crippen molar-refractivity contribution in [3.05, 3.63) is 41.7 Å². The van der Waals surface area contributed by atoms with Gasteiger partial charge in [0.1, 0.15) is 11.6 Å². The molecule has 3 nitrogen and oxygen atoms in total. The van der Waals surface area contributed by atoms with Crippen LogP contribution in [0.1, 0.15) is 18.3 Å². The topological polar surface area (TPSA) is 37.8 Å². The molecule has 1 N–H and O–H groups in total. The molecule has 106 valence electrons. The lowest BCUT2D eigenvalue weighted by atomic mass is 10.1. The zero-order valence-electron chi connectivity index (χ0n) is 11.1. The van der Waals surface area contributed by atoms with E-state index in [2.05, 4.69) is 15.3 Å². The Morgan fingerprint density at radius 2 is 1.90 bits per heavy atom. The van der Waals surface area contributed by atoms with Gasteiger partial charge in [0.05, 0.1) is 11.3 Å². The summed E-state index contributed by atoms with van der Waals surface area (Å²) in [7, 11) is 0. The third-order valence-corrected chi connectivity index (χ3v) is 2.68. The largest absolute Gasteiger partial charge is 0.416 e. The van der Waals surface area contributed by atoms with Crippen molar-refractivity contribution in [2.45, 2.75) is 20.0 Å². The number of aryl methyl sites for hydroxylation is 1. The van der Waals surface area contributed by atoms with E-state index in [9.17, 15) is 13.2 Å². The lowest BCUT2D eigenvalue weighted by molar-refractivity contribution is -0.137. The van der Waals surface area contributed by atoms with Crippen LogP contribution in [0.4, 0.5) is 19.0 Å². The highest BCUT2D eigenvalue weighted by molar-refractivity contribution is 5.63. The summed E-state index contributed by atoms with van der Waals surface area (Å²) < 4.78 is 38.2. The van der Waals surface area contributed by atoms with Crippen LogP contribution in [0.25, 0.3) is 11.3 Å². The van der Waals surface area contributed by atoms with Gasteiger partial charge in [0.25, 0.3) is 0 Å². The minimum Gasteiger partial charge on any atom is -0.370 e.